The quantitative estimate of drug-likeness (QED) is 0.841. The minimum Gasteiger partial charge on any atom is -0.495 e. The Kier molecular flexibility index (Phi) is 6.20. The summed E-state index contributed by atoms with van der Waals surface area (Å²) in [4.78, 5) is 23.0. The molecule has 0 saturated carbocycles. The third-order valence-electron chi connectivity index (χ3n) is 3.85. The lowest BCUT2D eigenvalue weighted by Gasteiger charge is -2.18. The summed E-state index contributed by atoms with van der Waals surface area (Å²) in [6.07, 6.45) is 0. The molecular weight excluding hydrogens is 340 g/mol. The summed E-state index contributed by atoms with van der Waals surface area (Å²) >= 11 is 6.14. The molecule has 1 N–H and O–H groups in total. The lowest BCUT2D eigenvalue weighted by molar-refractivity contribution is 0.0767. The van der Waals surface area contributed by atoms with E-state index in [2.05, 4.69) is 15.3 Å². The molecule has 1 aromatic heterocycles. The molecule has 0 bridgehead atoms. The Balaban J connectivity index is 2.38. The Bertz CT molecular complexity index is 776. The minimum atomic E-state index is -0.113. The predicted octanol–water partition coefficient (Wildman–Crippen LogP) is 3.98. The molecule has 1 aromatic carbocycles. The van der Waals surface area contributed by atoms with E-state index in [0.29, 0.717) is 46.9 Å². The van der Waals surface area contributed by atoms with Crippen LogP contribution in [0.5, 0.6) is 5.75 Å². The SMILES string of the molecule is CCN(CC)C(=O)c1cc(C)nc(Nc2cc(C)c(Cl)cc2OC)n1. The number of ether oxygens (including phenoxy) is 1. The van der Waals surface area contributed by atoms with Crippen LogP contribution in [0.25, 0.3) is 0 Å². The molecule has 0 saturated heterocycles. The van der Waals surface area contributed by atoms with Gasteiger partial charge in [-0.1, -0.05) is 11.6 Å². The van der Waals surface area contributed by atoms with Crippen molar-refractivity contribution in [3.8, 4) is 5.75 Å². The number of benzene rings is 1. The molecule has 0 aliphatic carbocycles. The van der Waals surface area contributed by atoms with Crippen molar-refractivity contribution >= 4 is 29.1 Å². The van der Waals surface area contributed by atoms with Gasteiger partial charge >= 0.3 is 0 Å². The van der Waals surface area contributed by atoms with Crippen molar-refractivity contribution in [2.75, 3.05) is 25.5 Å². The Morgan fingerprint density at radius 1 is 1.20 bits per heavy atom. The molecule has 0 fully saturated rings. The highest BCUT2D eigenvalue weighted by molar-refractivity contribution is 6.31. The summed E-state index contributed by atoms with van der Waals surface area (Å²) in [7, 11) is 1.57. The summed E-state index contributed by atoms with van der Waals surface area (Å²) in [5.74, 6) is 0.811. The van der Waals surface area contributed by atoms with Crippen molar-refractivity contribution in [1.29, 1.82) is 0 Å². The first kappa shape index (κ1) is 19.0. The predicted molar refractivity (Wildman–Crippen MR) is 100 cm³/mol. The fourth-order valence-corrected chi connectivity index (χ4v) is 2.61. The van der Waals surface area contributed by atoms with Crippen molar-refractivity contribution < 1.29 is 9.53 Å². The number of methoxy groups -OCH3 is 1. The molecule has 6 nitrogen and oxygen atoms in total. The molecule has 25 heavy (non-hydrogen) atoms. The molecule has 2 aromatic rings. The normalized spacial score (nSPS) is 10.5. The second kappa shape index (κ2) is 8.16. The van der Waals surface area contributed by atoms with E-state index in [9.17, 15) is 4.79 Å². The summed E-state index contributed by atoms with van der Waals surface area (Å²) < 4.78 is 5.36. The Hall–Kier alpha value is -2.34. The first-order chi connectivity index (χ1) is 11.9. The maximum absolute atomic E-state index is 12.6. The number of hydrogen-bond donors (Lipinski definition) is 1. The van der Waals surface area contributed by atoms with Crippen LogP contribution in [0.15, 0.2) is 18.2 Å². The lowest BCUT2D eigenvalue weighted by atomic mass is 10.2. The van der Waals surface area contributed by atoms with Crippen LogP contribution in [-0.4, -0.2) is 41.0 Å². The van der Waals surface area contributed by atoms with Crippen LogP contribution in [0, 0.1) is 13.8 Å². The van der Waals surface area contributed by atoms with Crippen LogP contribution in [0.4, 0.5) is 11.6 Å². The number of nitrogens with one attached hydrogen (secondary N) is 1. The minimum absolute atomic E-state index is 0.113. The van der Waals surface area contributed by atoms with Gasteiger partial charge in [-0.25, -0.2) is 9.97 Å². The Morgan fingerprint density at radius 3 is 2.48 bits per heavy atom. The zero-order valence-electron chi connectivity index (χ0n) is 15.2. The van der Waals surface area contributed by atoms with E-state index in [4.69, 9.17) is 16.3 Å². The van der Waals surface area contributed by atoms with Gasteiger partial charge in [0.25, 0.3) is 5.91 Å². The number of amides is 1. The van der Waals surface area contributed by atoms with Gasteiger partial charge in [0.2, 0.25) is 5.95 Å². The molecule has 0 unspecified atom stereocenters. The Morgan fingerprint density at radius 2 is 1.88 bits per heavy atom. The van der Waals surface area contributed by atoms with Crippen LogP contribution < -0.4 is 10.1 Å². The zero-order valence-corrected chi connectivity index (χ0v) is 15.9. The van der Waals surface area contributed by atoms with Gasteiger partial charge in [-0.2, -0.15) is 0 Å². The number of hydrogen-bond acceptors (Lipinski definition) is 5. The first-order valence-corrected chi connectivity index (χ1v) is 8.53. The topological polar surface area (TPSA) is 67.4 Å². The van der Waals surface area contributed by atoms with Gasteiger partial charge in [0.05, 0.1) is 12.8 Å². The van der Waals surface area contributed by atoms with Crippen LogP contribution in [0.3, 0.4) is 0 Å². The van der Waals surface area contributed by atoms with Gasteiger partial charge in [0.15, 0.2) is 0 Å². The lowest BCUT2D eigenvalue weighted by Crippen LogP contribution is -2.31. The van der Waals surface area contributed by atoms with E-state index in [1.807, 2.05) is 33.8 Å². The molecule has 7 heteroatoms. The summed E-state index contributed by atoms with van der Waals surface area (Å²) in [6.45, 7) is 8.87. The van der Waals surface area contributed by atoms with E-state index in [-0.39, 0.29) is 5.91 Å². The molecular formula is C18H23ClN4O2. The number of anilines is 2. The third-order valence-corrected chi connectivity index (χ3v) is 4.26. The molecule has 0 aliphatic rings. The van der Waals surface area contributed by atoms with Gasteiger partial charge in [0.1, 0.15) is 11.4 Å². The molecule has 1 heterocycles. The van der Waals surface area contributed by atoms with Crippen molar-refractivity contribution in [1.82, 2.24) is 14.9 Å². The van der Waals surface area contributed by atoms with Crippen LogP contribution in [-0.2, 0) is 0 Å². The number of carbonyl (C=O) groups excluding carboxylic acids is 1. The summed E-state index contributed by atoms with van der Waals surface area (Å²) in [5, 5.41) is 3.74. The summed E-state index contributed by atoms with van der Waals surface area (Å²) in [5.41, 5.74) is 2.66. The van der Waals surface area contributed by atoms with E-state index >= 15 is 0 Å². The fourth-order valence-electron chi connectivity index (χ4n) is 2.46. The van der Waals surface area contributed by atoms with Crippen molar-refractivity contribution in [3.63, 3.8) is 0 Å². The van der Waals surface area contributed by atoms with E-state index in [1.165, 1.54) is 0 Å². The van der Waals surface area contributed by atoms with Gasteiger partial charge in [-0.3, -0.25) is 4.79 Å². The molecule has 2 rings (SSSR count). The molecule has 0 spiro atoms. The maximum atomic E-state index is 12.6. The smallest absolute Gasteiger partial charge is 0.272 e. The van der Waals surface area contributed by atoms with Crippen LogP contribution in [0.2, 0.25) is 5.02 Å². The third kappa shape index (κ3) is 4.39. The average Bonchev–Trinajstić information content (AvgIpc) is 2.58. The highest BCUT2D eigenvalue weighted by atomic mass is 35.5. The second-order valence-corrected chi connectivity index (χ2v) is 6.03. The van der Waals surface area contributed by atoms with Gasteiger partial charge in [-0.15, -0.1) is 0 Å². The highest BCUT2D eigenvalue weighted by Crippen LogP contribution is 2.32. The van der Waals surface area contributed by atoms with Crippen LogP contribution >= 0.6 is 11.6 Å². The number of aryl methyl sites for hydroxylation is 2. The second-order valence-electron chi connectivity index (χ2n) is 5.62. The monoisotopic (exact) mass is 362 g/mol. The number of nitrogens with zero attached hydrogens (tertiary/aromatic N) is 3. The number of aromatic nitrogens is 2. The molecule has 0 atom stereocenters. The Labute approximate surface area is 153 Å². The first-order valence-electron chi connectivity index (χ1n) is 8.15. The zero-order chi connectivity index (χ0) is 18.6. The number of halogens is 1. The molecule has 1 amide bonds. The van der Waals surface area contributed by atoms with Crippen LogP contribution in [0.1, 0.15) is 35.6 Å². The molecule has 134 valence electrons. The molecule has 0 radical (unpaired) electrons. The molecule has 0 aliphatic heterocycles. The maximum Gasteiger partial charge on any atom is 0.272 e. The van der Waals surface area contributed by atoms with E-state index < -0.39 is 0 Å². The van der Waals surface area contributed by atoms with E-state index in [0.717, 1.165) is 5.56 Å². The van der Waals surface area contributed by atoms with Crippen molar-refractivity contribution in [3.05, 3.63) is 40.2 Å². The average molecular weight is 363 g/mol. The largest absolute Gasteiger partial charge is 0.495 e. The fraction of sp³-hybridized carbons (Fsp3) is 0.389. The van der Waals surface area contributed by atoms with Crippen molar-refractivity contribution in [2.45, 2.75) is 27.7 Å². The summed E-state index contributed by atoms with van der Waals surface area (Å²) in [6, 6.07) is 5.28. The highest BCUT2D eigenvalue weighted by Gasteiger charge is 2.17. The van der Waals surface area contributed by atoms with Gasteiger partial charge in [0, 0.05) is 29.9 Å². The van der Waals surface area contributed by atoms with Gasteiger partial charge in [-0.05, 0) is 45.4 Å². The van der Waals surface area contributed by atoms with Crippen molar-refractivity contribution in [2.24, 2.45) is 0 Å². The van der Waals surface area contributed by atoms with E-state index in [1.54, 1.807) is 24.1 Å². The number of carbonyl (C=O) groups is 1. The number of rotatable bonds is 6. The van der Waals surface area contributed by atoms with Gasteiger partial charge < -0.3 is 15.0 Å². The standard InChI is InChI=1S/C18H23ClN4O2/c1-6-23(7-2)17(24)15-9-12(4)20-18(22-15)21-14-8-11(3)13(19)10-16(14)25-5/h8-10H,6-7H2,1-5H3,(H,20,21,22).